The molecule has 0 atom stereocenters. The number of fused-ring (bicyclic) bond motifs is 1. The van der Waals surface area contributed by atoms with Crippen molar-refractivity contribution in [2.75, 3.05) is 0 Å². The van der Waals surface area contributed by atoms with Gasteiger partial charge in [0.2, 0.25) is 0 Å². The van der Waals surface area contributed by atoms with E-state index in [9.17, 15) is 4.79 Å². The molecule has 0 bridgehead atoms. The van der Waals surface area contributed by atoms with Crippen molar-refractivity contribution in [1.29, 1.82) is 0 Å². The molecule has 0 radical (unpaired) electrons. The van der Waals surface area contributed by atoms with Gasteiger partial charge in [0.1, 0.15) is 11.9 Å². The van der Waals surface area contributed by atoms with E-state index in [1.165, 1.54) is 0 Å². The van der Waals surface area contributed by atoms with E-state index in [1.807, 2.05) is 24.3 Å². The van der Waals surface area contributed by atoms with E-state index in [-0.39, 0.29) is 0 Å². The van der Waals surface area contributed by atoms with Gasteiger partial charge in [-0.2, -0.15) is 0 Å². The summed E-state index contributed by atoms with van der Waals surface area (Å²) in [6.07, 6.45) is 2.95. The maximum absolute atomic E-state index is 10.3. The fraction of sp³-hybridized carbons (Fsp3) is 0.100. The maximum Gasteiger partial charge on any atom is 0.134 e. The zero-order chi connectivity index (χ0) is 8.39. The topological polar surface area (TPSA) is 30.2 Å². The molecule has 12 heavy (non-hydrogen) atoms. The highest BCUT2D eigenvalue weighted by Crippen LogP contribution is 2.20. The van der Waals surface area contributed by atoms with Crippen molar-refractivity contribution in [1.82, 2.24) is 0 Å². The monoisotopic (exact) mass is 160 g/mol. The second-order valence-corrected chi connectivity index (χ2v) is 2.63. The minimum atomic E-state index is 0.428. The molecule has 0 aliphatic rings. The van der Waals surface area contributed by atoms with Crippen LogP contribution in [0.25, 0.3) is 11.0 Å². The van der Waals surface area contributed by atoms with Crippen LogP contribution in [0.4, 0.5) is 0 Å². The van der Waals surface area contributed by atoms with Crippen LogP contribution >= 0.6 is 0 Å². The first kappa shape index (κ1) is 7.10. The fourth-order valence-corrected chi connectivity index (χ4v) is 1.28. The zero-order valence-electron chi connectivity index (χ0n) is 6.49. The third-order valence-electron chi connectivity index (χ3n) is 1.86. The van der Waals surface area contributed by atoms with Gasteiger partial charge in [0.15, 0.2) is 0 Å². The van der Waals surface area contributed by atoms with Crippen LogP contribution in [0.5, 0.6) is 0 Å². The Morgan fingerprint density at radius 1 is 1.33 bits per heavy atom. The average molecular weight is 160 g/mol. The van der Waals surface area contributed by atoms with Gasteiger partial charge in [-0.15, -0.1) is 0 Å². The summed E-state index contributed by atoms with van der Waals surface area (Å²) >= 11 is 0. The lowest BCUT2D eigenvalue weighted by molar-refractivity contribution is -0.107. The lowest BCUT2D eigenvalue weighted by atomic mass is 10.1. The summed E-state index contributed by atoms with van der Waals surface area (Å²) in [5, 5.41) is 1.03. The number of furan rings is 1. The molecule has 0 fully saturated rings. The van der Waals surface area contributed by atoms with Gasteiger partial charge in [-0.1, -0.05) is 18.2 Å². The number of hydrogen-bond acceptors (Lipinski definition) is 2. The standard InChI is InChI=1S/C10H8O2/c11-6-5-8-7-12-10-4-2-1-3-9(8)10/h1-4,6-7H,5H2. The van der Waals surface area contributed by atoms with E-state index in [0.717, 1.165) is 22.8 Å². The summed E-state index contributed by atoms with van der Waals surface area (Å²) in [5.41, 5.74) is 1.80. The number of hydrogen-bond donors (Lipinski definition) is 0. The van der Waals surface area contributed by atoms with Crippen LogP contribution in [0.15, 0.2) is 34.9 Å². The second kappa shape index (κ2) is 2.81. The summed E-state index contributed by atoms with van der Waals surface area (Å²) in [6, 6.07) is 7.70. The fourth-order valence-electron chi connectivity index (χ4n) is 1.28. The van der Waals surface area contributed by atoms with Crippen molar-refractivity contribution < 1.29 is 9.21 Å². The smallest absolute Gasteiger partial charge is 0.134 e. The molecule has 0 aliphatic carbocycles. The molecule has 0 N–H and O–H groups in total. The van der Waals surface area contributed by atoms with Crippen LogP contribution in [-0.4, -0.2) is 6.29 Å². The van der Waals surface area contributed by atoms with Gasteiger partial charge < -0.3 is 9.21 Å². The largest absolute Gasteiger partial charge is 0.464 e. The molecule has 60 valence electrons. The molecule has 2 heteroatoms. The number of benzene rings is 1. The summed E-state index contributed by atoms with van der Waals surface area (Å²) in [4.78, 5) is 10.3. The zero-order valence-corrected chi connectivity index (χ0v) is 6.49. The summed E-state index contributed by atoms with van der Waals surface area (Å²) in [7, 11) is 0. The Morgan fingerprint density at radius 3 is 3.00 bits per heavy atom. The van der Waals surface area contributed by atoms with Gasteiger partial charge in [0, 0.05) is 17.4 Å². The predicted molar refractivity (Wildman–Crippen MR) is 46.0 cm³/mol. The Hall–Kier alpha value is -1.57. The van der Waals surface area contributed by atoms with Gasteiger partial charge in [-0.3, -0.25) is 0 Å². The highest BCUT2D eigenvalue weighted by molar-refractivity contribution is 5.82. The van der Waals surface area contributed by atoms with Crippen molar-refractivity contribution in [3.8, 4) is 0 Å². The van der Waals surface area contributed by atoms with Crippen LogP contribution < -0.4 is 0 Å². The molecule has 0 saturated heterocycles. The third-order valence-corrected chi connectivity index (χ3v) is 1.86. The molecule has 2 aromatic rings. The normalized spacial score (nSPS) is 10.3. The molecule has 2 rings (SSSR count). The van der Waals surface area contributed by atoms with E-state index in [0.29, 0.717) is 6.42 Å². The SMILES string of the molecule is O=CCc1coc2ccccc12. The average Bonchev–Trinajstić information content (AvgIpc) is 2.50. The first-order valence-electron chi connectivity index (χ1n) is 3.80. The number of rotatable bonds is 2. The molecule has 1 aromatic carbocycles. The minimum Gasteiger partial charge on any atom is -0.464 e. The summed E-state index contributed by atoms with van der Waals surface area (Å²) in [6.45, 7) is 0. The van der Waals surface area contributed by atoms with Crippen LogP contribution in [0.3, 0.4) is 0 Å². The Labute approximate surface area is 69.8 Å². The summed E-state index contributed by atoms with van der Waals surface area (Å²) < 4.78 is 5.24. The Bertz CT molecular complexity index is 401. The molecule has 1 aromatic heterocycles. The molecule has 1 heterocycles. The molecule has 2 nitrogen and oxygen atoms in total. The quantitative estimate of drug-likeness (QED) is 0.630. The molecular weight excluding hydrogens is 152 g/mol. The van der Waals surface area contributed by atoms with E-state index < -0.39 is 0 Å². The van der Waals surface area contributed by atoms with E-state index in [1.54, 1.807) is 6.26 Å². The van der Waals surface area contributed by atoms with Crippen molar-refractivity contribution in [2.24, 2.45) is 0 Å². The van der Waals surface area contributed by atoms with Gasteiger partial charge in [0.05, 0.1) is 6.26 Å². The van der Waals surface area contributed by atoms with Crippen molar-refractivity contribution in [3.63, 3.8) is 0 Å². The highest BCUT2D eigenvalue weighted by Gasteiger charge is 2.02. The lowest BCUT2D eigenvalue weighted by Crippen LogP contribution is -1.81. The van der Waals surface area contributed by atoms with Crippen LogP contribution in [-0.2, 0) is 11.2 Å². The first-order valence-corrected chi connectivity index (χ1v) is 3.80. The lowest BCUT2D eigenvalue weighted by Gasteiger charge is -1.88. The van der Waals surface area contributed by atoms with E-state index in [2.05, 4.69) is 0 Å². The van der Waals surface area contributed by atoms with Gasteiger partial charge in [-0.05, 0) is 6.07 Å². The predicted octanol–water partition coefficient (Wildman–Crippen LogP) is 2.17. The van der Waals surface area contributed by atoms with Crippen molar-refractivity contribution in [2.45, 2.75) is 6.42 Å². The molecule has 0 amide bonds. The Morgan fingerprint density at radius 2 is 2.17 bits per heavy atom. The second-order valence-electron chi connectivity index (χ2n) is 2.63. The first-order chi connectivity index (χ1) is 5.92. The number of carbonyl (C=O) groups is 1. The van der Waals surface area contributed by atoms with Crippen molar-refractivity contribution in [3.05, 3.63) is 36.1 Å². The van der Waals surface area contributed by atoms with Gasteiger partial charge in [0.25, 0.3) is 0 Å². The van der Waals surface area contributed by atoms with Crippen LogP contribution in [0, 0.1) is 0 Å². The number of aldehydes is 1. The minimum absolute atomic E-state index is 0.428. The Balaban J connectivity index is 2.62. The van der Waals surface area contributed by atoms with Gasteiger partial charge >= 0.3 is 0 Å². The number of carbonyl (C=O) groups excluding carboxylic acids is 1. The third kappa shape index (κ3) is 1.01. The number of para-hydroxylation sites is 1. The molecule has 0 spiro atoms. The molecule has 0 saturated carbocycles. The molecule has 0 unspecified atom stereocenters. The van der Waals surface area contributed by atoms with E-state index in [4.69, 9.17) is 4.42 Å². The van der Waals surface area contributed by atoms with E-state index >= 15 is 0 Å². The van der Waals surface area contributed by atoms with Crippen LogP contribution in [0.1, 0.15) is 5.56 Å². The molecule has 0 aliphatic heterocycles. The Kier molecular flexibility index (Phi) is 1.67. The maximum atomic E-state index is 10.3. The van der Waals surface area contributed by atoms with Gasteiger partial charge in [-0.25, -0.2) is 0 Å². The molecular formula is C10H8O2. The summed E-state index contributed by atoms with van der Waals surface area (Å²) in [5.74, 6) is 0. The highest BCUT2D eigenvalue weighted by atomic mass is 16.3. The van der Waals surface area contributed by atoms with Crippen LogP contribution in [0.2, 0.25) is 0 Å². The van der Waals surface area contributed by atoms with Crippen molar-refractivity contribution >= 4 is 17.3 Å².